The van der Waals surface area contributed by atoms with Gasteiger partial charge in [-0.05, 0) is 36.4 Å². The predicted octanol–water partition coefficient (Wildman–Crippen LogP) is 2.22. The van der Waals surface area contributed by atoms with Gasteiger partial charge in [0.15, 0.2) is 0 Å². The molecule has 0 fully saturated rings. The molecule has 1 N–H and O–H groups in total. The summed E-state index contributed by atoms with van der Waals surface area (Å²) in [5, 5.41) is 4.20. The first-order chi connectivity index (χ1) is 11.1. The number of nitrogens with one attached hydrogen (secondary N) is 1. The van der Waals surface area contributed by atoms with Crippen LogP contribution in [0.25, 0.3) is 10.2 Å². The maximum absolute atomic E-state index is 12.1. The van der Waals surface area contributed by atoms with Gasteiger partial charge in [0.25, 0.3) is 5.91 Å². The fraction of sp³-hybridized carbons (Fsp3) is 0.125. The Kier molecular flexibility index (Phi) is 4.40. The van der Waals surface area contributed by atoms with E-state index >= 15 is 0 Å². The first-order valence-corrected chi connectivity index (χ1v) is 9.26. The molecule has 7 heteroatoms. The molecule has 3 rings (SSSR count). The quantitative estimate of drug-likeness (QED) is 0.740. The molecule has 118 valence electrons. The van der Waals surface area contributed by atoms with E-state index in [2.05, 4.69) is 10.5 Å². The van der Waals surface area contributed by atoms with Crippen molar-refractivity contribution < 1.29 is 9.00 Å². The van der Waals surface area contributed by atoms with Crippen molar-refractivity contribution in [3.8, 4) is 0 Å². The Labute approximate surface area is 139 Å². The number of rotatable bonds is 3. The molecular formula is C16H15N3O2S2. The van der Waals surface area contributed by atoms with E-state index in [1.165, 1.54) is 11.3 Å². The molecule has 0 unspecified atom stereocenters. The van der Waals surface area contributed by atoms with Crippen LogP contribution in [0.5, 0.6) is 0 Å². The summed E-state index contributed by atoms with van der Waals surface area (Å²) < 4.78 is 14.4. The number of carbonyl (C=O) groups excluding carboxylic acids is 1. The van der Waals surface area contributed by atoms with Crippen molar-refractivity contribution in [1.82, 2.24) is 9.99 Å². The molecule has 1 atom stereocenters. The number of nitrogens with zero attached hydrogens (tertiary/aromatic N) is 2. The Balaban J connectivity index is 1.84. The van der Waals surface area contributed by atoms with Crippen molar-refractivity contribution in [2.75, 3.05) is 6.26 Å². The second-order valence-electron chi connectivity index (χ2n) is 4.94. The molecule has 2 aromatic carbocycles. The molecule has 0 aliphatic carbocycles. The van der Waals surface area contributed by atoms with Crippen LogP contribution in [-0.2, 0) is 17.8 Å². The normalized spacial score (nSPS) is 13.2. The van der Waals surface area contributed by atoms with Crippen LogP contribution in [0.4, 0.5) is 0 Å². The summed E-state index contributed by atoms with van der Waals surface area (Å²) in [7, 11) is 0.859. The number of hydrogen-bond donors (Lipinski definition) is 1. The SMILES string of the molecule is Cn1c(=NNC(=O)c2ccc([S@@](C)=O)cc2)sc2ccccc21. The van der Waals surface area contributed by atoms with E-state index in [1.807, 2.05) is 35.9 Å². The van der Waals surface area contributed by atoms with Gasteiger partial charge in [0.1, 0.15) is 0 Å². The van der Waals surface area contributed by atoms with Crippen molar-refractivity contribution in [3.05, 3.63) is 58.9 Å². The van der Waals surface area contributed by atoms with Gasteiger partial charge in [0.2, 0.25) is 4.80 Å². The summed E-state index contributed by atoms with van der Waals surface area (Å²) in [5.41, 5.74) is 4.11. The highest BCUT2D eigenvalue weighted by Crippen LogP contribution is 2.15. The number of amides is 1. The minimum atomic E-state index is -1.05. The Morgan fingerprint density at radius 3 is 2.52 bits per heavy atom. The first-order valence-electron chi connectivity index (χ1n) is 6.88. The monoisotopic (exact) mass is 345 g/mol. The lowest BCUT2D eigenvalue weighted by molar-refractivity contribution is 0.0953. The van der Waals surface area contributed by atoms with Crippen LogP contribution in [-0.4, -0.2) is 20.9 Å². The molecule has 0 saturated carbocycles. The number of aryl methyl sites for hydroxylation is 1. The van der Waals surface area contributed by atoms with Gasteiger partial charge in [-0.15, -0.1) is 5.10 Å². The van der Waals surface area contributed by atoms with Crippen molar-refractivity contribution in [3.63, 3.8) is 0 Å². The molecule has 1 amide bonds. The van der Waals surface area contributed by atoms with E-state index in [0.29, 0.717) is 15.3 Å². The average molecular weight is 345 g/mol. The Bertz CT molecular complexity index is 955. The second kappa shape index (κ2) is 6.47. The van der Waals surface area contributed by atoms with Crippen LogP contribution in [0, 0.1) is 0 Å². The Morgan fingerprint density at radius 2 is 1.87 bits per heavy atom. The maximum atomic E-state index is 12.1. The summed E-state index contributed by atoms with van der Waals surface area (Å²) in [6.07, 6.45) is 1.60. The van der Waals surface area contributed by atoms with Crippen molar-refractivity contribution in [2.45, 2.75) is 4.90 Å². The minimum Gasteiger partial charge on any atom is -0.318 e. The van der Waals surface area contributed by atoms with Crippen LogP contribution in [0.15, 0.2) is 58.5 Å². The highest BCUT2D eigenvalue weighted by atomic mass is 32.2. The molecule has 0 aliphatic heterocycles. The van der Waals surface area contributed by atoms with Crippen LogP contribution < -0.4 is 10.2 Å². The largest absolute Gasteiger partial charge is 0.318 e. The van der Waals surface area contributed by atoms with Crippen molar-refractivity contribution >= 4 is 38.3 Å². The second-order valence-corrected chi connectivity index (χ2v) is 7.33. The predicted molar refractivity (Wildman–Crippen MR) is 92.6 cm³/mol. The van der Waals surface area contributed by atoms with Gasteiger partial charge in [-0.25, -0.2) is 5.43 Å². The Morgan fingerprint density at radius 1 is 1.17 bits per heavy atom. The van der Waals surface area contributed by atoms with Crippen LogP contribution in [0.1, 0.15) is 10.4 Å². The molecule has 0 bridgehead atoms. The fourth-order valence-electron chi connectivity index (χ4n) is 2.15. The van der Waals surface area contributed by atoms with Crippen LogP contribution >= 0.6 is 11.3 Å². The summed E-state index contributed by atoms with van der Waals surface area (Å²) in [6.45, 7) is 0. The number of aromatic nitrogens is 1. The zero-order chi connectivity index (χ0) is 16.4. The number of fused-ring (bicyclic) bond motifs is 1. The third-order valence-corrected chi connectivity index (χ3v) is 5.47. The molecular weight excluding hydrogens is 330 g/mol. The van der Waals surface area contributed by atoms with Gasteiger partial charge >= 0.3 is 0 Å². The molecule has 23 heavy (non-hydrogen) atoms. The summed E-state index contributed by atoms with van der Waals surface area (Å²) in [4.78, 5) is 13.5. The molecule has 1 aromatic heterocycles. The van der Waals surface area contributed by atoms with Crippen LogP contribution in [0.2, 0.25) is 0 Å². The van der Waals surface area contributed by atoms with E-state index < -0.39 is 10.8 Å². The van der Waals surface area contributed by atoms with E-state index in [1.54, 1.807) is 30.5 Å². The molecule has 3 aromatic rings. The highest BCUT2D eigenvalue weighted by molar-refractivity contribution is 7.84. The van der Waals surface area contributed by atoms with Gasteiger partial charge in [0.05, 0.1) is 10.2 Å². The van der Waals surface area contributed by atoms with Gasteiger partial charge in [0, 0.05) is 34.6 Å². The standard InChI is InChI=1S/C16H15N3O2S2/c1-19-13-5-3-4-6-14(13)22-16(19)18-17-15(20)11-7-9-12(10-8-11)23(2)21/h3-10H,1-2H3,(H,17,20)/t23-/m1/s1. The maximum Gasteiger partial charge on any atom is 0.271 e. The van der Waals surface area contributed by atoms with E-state index in [-0.39, 0.29) is 5.91 Å². The number of para-hydroxylation sites is 1. The number of hydrogen-bond acceptors (Lipinski definition) is 4. The number of carbonyl (C=O) groups is 1. The smallest absolute Gasteiger partial charge is 0.271 e. The number of benzene rings is 2. The third kappa shape index (κ3) is 3.25. The number of thiazole rings is 1. The molecule has 0 saturated heterocycles. The summed E-state index contributed by atoms with van der Waals surface area (Å²) in [6, 6.07) is 14.6. The molecule has 0 radical (unpaired) electrons. The minimum absolute atomic E-state index is 0.295. The molecule has 0 spiro atoms. The average Bonchev–Trinajstić information content (AvgIpc) is 2.89. The lowest BCUT2D eigenvalue weighted by atomic mass is 10.2. The molecule has 5 nitrogen and oxygen atoms in total. The third-order valence-electron chi connectivity index (χ3n) is 3.42. The Hall–Kier alpha value is -2.25. The van der Waals surface area contributed by atoms with E-state index in [0.717, 1.165) is 10.2 Å². The van der Waals surface area contributed by atoms with Gasteiger partial charge in [-0.3, -0.25) is 9.00 Å². The zero-order valence-electron chi connectivity index (χ0n) is 12.6. The summed E-state index contributed by atoms with van der Waals surface area (Å²) in [5.74, 6) is -0.295. The highest BCUT2D eigenvalue weighted by Gasteiger charge is 2.06. The van der Waals surface area contributed by atoms with Crippen molar-refractivity contribution in [2.24, 2.45) is 12.1 Å². The fourth-order valence-corrected chi connectivity index (χ4v) is 3.65. The lowest BCUT2D eigenvalue weighted by Gasteiger charge is -2.01. The summed E-state index contributed by atoms with van der Waals surface area (Å²) >= 11 is 1.51. The topological polar surface area (TPSA) is 63.5 Å². The van der Waals surface area contributed by atoms with E-state index in [4.69, 9.17) is 0 Å². The lowest BCUT2D eigenvalue weighted by Crippen LogP contribution is -2.23. The van der Waals surface area contributed by atoms with Crippen LogP contribution in [0.3, 0.4) is 0 Å². The first kappa shape index (κ1) is 15.6. The van der Waals surface area contributed by atoms with Crippen molar-refractivity contribution in [1.29, 1.82) is 0 Å². The molecule has 0 aliphatic rings. The van der Waals surface area contributed by atoms with Gasteiger partial charge in [-0.1, -0.05) is 23.5 Å². The van der Waals surface area contributed by atoms with Gasteiger partial charge in [-0.2, -0.15) is 0 Å². The van der Waals surface area contributed by atoms with Gasteiger partial charge < -0.3 is 4.57 Å². The molecule has 1 heterocycles. The van der Waals surface area contributed by atoms with E-state index in [9.17, 15) is 9.00 Å². The zero-order valence-corrected chi connectivity index (χ0v) is 14.3.